The Bertz CT molecular complexity index is 824. The lowest BCUT2D eigenvalue weighted by molar-refractivity contribution is 0.0694. The first-order valence-electron chi connectivity index (χ1n) is 10.1. The molecule has 0 bridgehead atoms. The highest BCUT2D eigenvalue weighted by Gasteiger charge is 2.33. The summed E-state index contributed by atoms with van der Waals surface area (Å²) in [6, 6.07) is 16.7. The summed E-state index contributed by atoms with van der Waals surface area (Å²) < 4.78 is 11.2. The molecule has 0 fully saturated rings. The predicted octanol–water partition coefficient (Wildman–Crippen LogP) is 4.33. The maximum atomic E-state index is 6.13. The molecule has 2 aromatic rings. The van der Waals surface area contributed by atoms with Crippen molar-refractivity contribution in [2.45, 2.75) is 38.5 Å². The second kappa shape index (κ2) is 11.4. The largest absolute Gasteiger partial charge is 0.487 e. The third kappa shape index (κ3) is 6.77. The van der Waals surface area contributed by atoms with Gasteiger partial charge in [-0.05, 0) is 37.6 Å². The van der Waals surface area contributed by atoms with Crippen molar-refractivity contribution in [2.75, 3.05) is 32.6 Å². The fraction of sp³-hybridized carbons (Fsp3) is 0.435. The van der Waals surface area contributed by atoms with Gasteiger partial charge in [-0.15, -0.1) is 24.0 Å². The van der Waals surface area contributed by atoms with E-state index < -0.39 is 0 Å². The molecule has 1 atom stereocenters. The lowest BCUT2D eigenvalue weighted by atomic mass is 9.90. The molecule has 6 nitrogen and oxygen atoms in total. The molecule has 0 saturated heterocycles. The Morgan fingerprint density at radius 2 is 1.90 bits per heavy atom. The van der Waals surface area contributed by atoms with E-state index in [9.17, 15) is 0 Å². The summed E-state index contributed by atoms with van der Waals surface area (Å²) in [6.45, 7) is 6.43. The van der Waals surface area contributed by atoms with Crippen LogP contribution in [0.2, 0.25) is 0 Å². The molecule has 0 radical (unpaired) electrons. The van der Waals surface area contributed by atoms with E-state index >= 15 is 0 Å². The van der Waals surface area contributed by atoms with E-state index in [1.54, 1.807) is 14.2 Å². The van der Waals surface area contributed by atoms with Crippen molar-refractivity contribution in [3.05, 3.63) is 59.7 Å². The van der Waals surface area contributed by atoms with E-state index in [-0.39, 0.29) is 35.6 Å². The van der Waals surface area contributed by atoms with E-state index in [0.29, 0.717) is 13.2 Å². The molecule has 1 heterocycles. The molecule has 1 aliphatic heterocycles. The molecular formula is C23H33IN4O2. The molecular weight excluding hydrogens is 491 g/mol. The van der Waals surface area contributed by atoms with Crippen molar-refractivity contribution in [1.29, 1.82) is 0 Å². The van der Waals surface area contributed by atoms with Gasteiger partial charge >= 0.3 is 0 Å². The summed E-state index contributed by atoms with van der Waals surface area (Å²) in [5.74, 6) is 1.72. The topological polar surface area (TPSA) is 66.9 Å². The molecule has 1 unspecified atom stereocenters. The summed E-state index contributed by atoms with van der Waals surface area (Å²) in [5.41, 5.74) is 3.23. The maximum absolute atomic E-state index is 6.13. The molecule has 0 amide bonds. The number of methoxy groups -OCH3 is 1. The third-order valence-electron chi connectivity index (χ3n) is 4.96. The number of hydrogen-bond donors (Lipinski definition) is 3. The number of nitrogens with one attached hydrogen (secondary N) is 3. The number of halogens is 1. The van der Waals surface area contributed by atoms with E-state index in [0.717, 1.165) is 30.4 Å². The highest BCUT2D eigenvalue weighted by Crippen LogP contribution is 2.39. The highest BCUT2D eigenvalue weighted by molar-refractivity contribution is 14.0. The minimum absolute atomic E-state index is 0. The van der Waals surface area contributed by atoms with Gasteiger partial charge in [-0.1, -0.05) is 30.3 Å². The van der Waals surface area contributed by atoms with E-state index in [4.69, 9.17) is 9.47 Å². The smallest absolute Gasteiger partial charge is 0.191 e. The number of fused-ring (bicyclic) bond motifs is 1. The molecule has 3 rings (SSSR count). The van der Waals surface area contributed by atoms with Crippen LogP contribution >= 0.6 is 24.0 Å². The number of nitrogens with zero attached hydrogens (tertiary/aromatic N) is 1. The molecule has 1 aliphatic rings. The number of hydrogen-bond acceptors (Lipinski definition) is 4. The van der Waals surface area contributed by atoms with Crippen LogP contribution in [0.1, 0.15) is 37.4 Å². The highest BCUT2D eigenvalue weighted by atomic mass is 127. The normalized spacial score (nSPS) is 17.2. The van der Waals surface area contributed by atoms with Gasteiger partial charge in [0, 0.05) is 44.9 Å². The van der Waals surface area contributed by atoms with E-state index in [2.05, 4.69) is 65.1 Å². The Morgan fingerprint density at radius 3 is 2.60 bits per heavy atom. The number of benzene rings is 2. The monoisotopic (exact) mass is 524 g/mol. The minimum Gasteiger partial charge on any atom is -0.487 e. The molecule has 0 spiro atoms. The van der Waals surface area contributed by atoms with Crippen LogP contribution in [0.3, 0.4) is 0 Å². The SMILES string of the molecule is CN=C(NCc1ccc(NCCOC)cc1)NC1CC(C)(C)Oc2ccccc21.I. The molecule has 164 valence electrons. The van der Waals surface area contributed by atoms with Gasteiger partial charge in [0.1, 0.15) is 11.4 Å². The van der Waals surface area contributed by atoms with Crippen LogP contribution in [0.15, 0.2) is 53.5 Å². The van der Waals surface area contributed by atoms with Crippen LogP contribution in [0, 0.1) is 0 Å². The molecule has 0 aliphatic carbocycles. The minimum atomic E-state index is -0.226. The van der Waals surface area contributed by atoms with Gasteiger partial charge in [-0.2, -0.15) is 0 Å². The predicted molar refractivity (Wildman–Crippen MR) is 134 cm³/mol. The Kier molecular flexibility index (Phi) is 9.23. The zero-order valence-corrected chi connectivity index (χ0v) is 20.5. The van der Waals surface area contributed by atoms with Gasteiger partial charge in [-0.3, -0.25) is 4.99 Å². The average molecular weight is 524 g/mol. The first-order valence-corrected chi connectivity index (χ1v) is 10.1. The van der Waals surface area contributed by atoms with Crippen molar-refractivity contribution in [2.24, 2.45) is 4.99 Å². The number of para-hydroxylation sites is 1. The van der Waals surface area contributed by atoms with Crippen LogP contribution < -0.4 is 20.7 Å². The van der Waals surface area contributed by atoms with Crippen molar-refractivity contribution in [3.63, 3.8) is 0 Å². The van der Waals surface area contributed by atoms with Crippen molar-refractivity contribution < 1.29 is 9.47 Å². The van der Waals surface area contributed by atoms with Gasteiger partial charge in [0.2, 0.25) is 0 Å². The van der Waals surface area contributed by atoms with Crippen LogP contribution in [-0.2, 0) is 11.3 Å². The molecule has 0 saturated carbocycles. The van der Waals surface area contributed by atoms with Gasteiger partial charge in [0.05, 0.1) is 12.6 Å². The van der Waals surface area contributed by atoms with Crippen molar-refractivity contribution >= 4 is 35.6 Å². The first kappa shape index (κ1) is 24.3. The first-order chi connectivity index (χ1) is 14.0. The maximum Gasteiger partial charge on any atom is 0.191 e. The lowest BCUT2D eigenvalue weighted by Crippen LogP contribution is -2.45. The average Bonchev–Trinajstić information content (AvgIpc) is 2.71. The molecule has 3 N–H and O–H groups in total. The van der Waals surface area contributed by atoms with Crippen LogP contribution in [-0.4, -0.2) is 38.9 Å². The summed E-state index contributed by atoms with van der Waals surface area (Å²) >= 11 is 0. The van der Waals surface area contributed by atoms with Crippen LogP contribution in [0.5, 0.6) is 5.75 Å². The number of aliphatic imine (C=N–C) groups is 1. The number of anilines is 1. The lowest BCUT2D eigenvalue weighted by Gasteiger charge is -2.38. The molecule has 30 heavy (non-hydrogen) atoms. The van der Waals surface area contributed by atoms with E-state index in [1.165, 1.54) is 11.1 Å². The third-order valence-corrected chi connectivity index (χ3v) is 4.96. The van der Waals surface area contributed by atoms with E-state index in [1.807, 2.05) is 18.2 Å². The summed E-state index contributed by atoms with van der Waals surface area (Å²) in [7, 11) is 3.51. The fourth-order valence-corrected chi connectivity index (χ4v) is 3.51. The van der Waals surface area contributed by atoms with Gasteiger partial charge in [0.25, 0.3) is 0 Å². The van der Waals surface area contributed by atoms with Crippen LogP contribution in [0.25, 0.3) is 0 Å². The Labute approximate surface area is 196 Å². The second-order valence-electron chi connectivity index (χ2n) is 7.84. The van der Waals surface area contributed by atoms with Gasteiger partial charge in [0.15, 0.2) is 5.96 Å². The Balaban J connectivity index is 0.00000320. The van der Waals surface area contributed by atoms with Gasteiger partial charge < -0.3 is 25.4 Å². The molecule has 2 aromatic carbocycles. The number of ether oxygens (including phenoxy) is 2. The Morgan fingerprint density at radius 1 is 1.17 bits per heavy atom. The summed E-state index contributed by atoms with van der Waals surface area (Å²) in [5, 5.41) is 10.3. The van der Waals surface area contributed by atoms with Crippen molar-refractivity contribution in [3.8, 4) is 5.75 Å². The van der Waals surface area contributed by atoms with Gasteiger partial charge in [-0.25, -0.2) is 0 Å². The summed E-state index contributed by atoms with van der Waals surface area (Å²) in [4.78, 5) is 4.41. The fourth-order valence-electron chi connectivity index (χ4n) is 3.51. The quantitative estimate of drug-likeness (QED) is 0.218. The van der Waals surface area contributed by atoms with Crippen LogP contribution in [0.4, 0.5) is 5.69 Å². The molecule has 0 aromatic heterocycles. The zero-order chi connectivity index (χ0) is 20.7. The summed E-state index contributed by atoms with van der Waals surface area (Å²) in [6.07, 6.45) is 0.868. The molecule has 7 heteroatoms. The van der Waals surface area contributed by atoms with Crippen molar-refractivity contribution in [1.82, 2.24) is 10.6 Å². The second-order valence-corrected chi connectivity index (χ2v) is 7.84. The Hall–Kier alpha value is -2.00. The number of rotatable bonds is 7. The zero-order valence-electron chi connectivity index (χ0n) is 18.2. The standard InChI is InChI=1S/C23H32N4O2.HI/c1-23(2)15-20(19-7-5-6-8-21(19)29-23)27-22(24-3)26-16-17-9-11-18(12-10-17)25-13-14-28-4;/h5-12,20,25H,13-16H2,1-4H3,(H2,24,26,27);1H. The number of guanidine groups is 1.